The van der Waals surface area contributed by atoms with E-state index >= 15 is 0 Å². The zero-order valence-corrected chi connectivity index (χ0v) is 10.5. The lowest BCUT2D eigenvalue weighted by Crippen LogP contribution is -2.36. The molecule has 1 rings (SSSR count). The highest BCUT2D eigenvalue weighted by atomic mass is 16.5. The van der Waals surface area contributed by atoms with Gasteiger partial charge in [-0.2, -0.15) is 0 Å². The molecule has 3 heteroatoms. The quantitative estimate of drug-likeness (QED) is 0.409. The predicted molar refractivity (Wildman–Crippen MR) is 65.3 cm³/mol. The van der Waals surface area contributed by atoms with Crippen molar-refractivity contribution in [3.63, 3.8) is 0 Å². The van der Waals surface area contributed by atoms with Crippen LogP contribution in [-0.4, -0.2) is 37.1 Å². The highest BCUT2D eigenvalue weighted by Crippen LogP contribution is 2.18. The van der Waals surface area contributed by atoms with Crippen LogP contribution in [0, 0.1) is 0 Å². The minimum Gasteiger partial charge on any atom is -0.462 e. The predicted octanol–water partition coefficient (Wildman–Crippen LogP) is 2.37. The fraction of sp³-hybridized carbons (Fsp3) is 0.769. The molecular weight excluding hydrogens is 202 g/mol. The summed E-state index contributed by atoms with van der Waals surface area (Å²) in [4.78, 5) is 13.5. The van der Waals surface area contributed by atoms with E-state index in [2.05, 4.69) is 18.5 Å². The van der Waals surface area contributed by atoms with Crippen molar-refractivity contribution in [2.24, 2.45) is 0 Å². The number of carbonyl (C=O) groups is 1. The van der Waals surface area contributed by atoms with E-state index in [-0.39, 0.29) is 5.97 Å². The molecule has 1 atom stereocenters. The Kier molecular flexibility index (Phi) is 5.53. The third-order valence-electron chi connectivity index (χ3n) is 3.18. The van der Waals surface area contributed by atoms with Crippen molar-refractivity contribution in [3.8, 4) is 0 Å². The summed E-state index contributed by atoms with van der Waals surface area (Å²) in [6, 6.07) is 0.678. The second-order valence-corrected chi connectivity index (χ2v) is 4.69. The van der Waals surface area contributed by atoms with Crippen molar-refractivity contribution in [1.29, 1.82) is 0 Å². The van der Waals surface area contributed by atoms with Gasteiger partial charge < -0.3 is 9.64 Å². The zero-order chi connectivity index (χ0) is 12.0. The molecule has 0 saturated carbocycles. The summed E-state index contributed by atoms with van der Waals surface area (Å²) >= 11 is 0. The third-order valence-corrected chi connectivity index (χ3v) is 3.18. The van der Waals surface area contributed by atoms with Gasteiger partial charge in [-0.1, -0.05) is 13.0 Å². The molecule has 0 aliphatic carbocycles. The lowest BCUT2D eigenvalue weighted by Gasteiger charge is -2.32. The Morgan fingerprint density at radius 2 is 2.25 bits per heavy atom. The van der Waals surface area contributed by atoms with Crippen molar-refractivity contribution in [2.75, 3.05) is 20.2 Å². The average molecular weight is 225 g/mol. The molecule has 3 nitrogen and oxygen atoms in total. The van der Waals surface area contributed by atoms with E-state index in [1.165, 1.54) is 25.8 Å². The molecule has 92 valence electrons. The maximum Gasteiger partial charge on any atom is 0.333 e. The molecule has 0 aromatic heterocycles. The maximum absolute atomic E-state index is 11.1. The second kappa shape index (κ2) is 6.69. The van der Waals surface area contributed by atoms with Crippen LogP contribution in [0.2, 0.25) is 0 Å². The average Bonchev–Trinajstić information content (AvgIpc) is 2.26. The topological polar surface area (TPSA) is 29.5 Å². The van der Waals surface area contributed by atoms with E-state index < -0.39 is 0 Å². The van der Waals surface area contributed by atoms with Crippen LogP contribution < -0.4 is 0 Å². The number of ether oxygens (including phenoxy) is 1. The van der Waals surface area contributed by atoms with E-state index in [4.69, 9.17) is 4.74 Å². The van der Waals surface area contributed by atoms with Crippen molar-refractivity contribution in [2.45, 2.75) is 45.1 Å². The number of hydrogen-bond donors (Lipinski definition) is 0. The molecule has 16 heavy (non-hydrogen) atoms. The van der Waals surface area contributed by atoms with Gasteiger partial charge >= 0.3 is 5.97 Å². The Balaban J connectivity index is 2.10. The summed E-state index contributed by atoms with van der Waals surface area (Å²) in [5, 5.41) is 0. The number of esters is 1. The highest BCUT2D eigenvalue weighted by molar-refractivity contribution is 5.86. The second-order valence-electron chi connectivity index (χ2n) is 4.69. The molecule has 0 bridgehead atoms. The van der Waals surface area contributed by atoms with E-state index in [0.717, 1.165) is 12.8 Å². The Morgan fingerprint density at radius 3 is 2.88 bits per heavy atom. The smallest absolute Gasteiger partial charge is 0.333 e. The monoisotopic (exact) mass is 225 g/mol. The van der Waals surface area contributed by atoms with Gasteiger partial charge in [-0.3, -0.25) is 0 Å². The van der Waals surface area contributed by atoms with Gasteiger partial charge in [-0.25, -0.2) is 4.79 Å². The van der Waals surface area contributed by atoms with Gasteiger partial charge in [-0.15, -0.1) is 0 Å². The number of carbonyl (C=O) groups excluding carboxylic acids is 1. The fourth-order valence-corrected chi connectivity index (χ4v) is 2.12. The minimum atomic E-state index is -0.267. The SMILES string of the molecule is C=C(C)C(=O)OCCCC1CCCCN1C. The van der Waals surface area contributed by atoms with Gasteiger partial charge in [0.05, 0.1) is 6.61 Å². The Hall–Kier alpha value is -0.830. The first-order valence-electron chi connectivity index (χ1n) is 6.14. The van der Waals surface area contributed by atoms with Gasteiger partial charge in [0.15, 0.2) is 0 Å². The summed E-state index contributed by atoms with van der Waals surface area (Å²) in [7, 11) is 2.18. The first-order chi connectivity index (χ1) is 7.61. The number of piperidine rings is 1. The summed E-state index contributed by atoms with van der Waals surface area (Å²) in [6.45, 7) is 6.96. The van der Waals surface area contributed by atoms with Gasteiger partial charge in [0.1, 0.15) is 0 Å². The lowest BCUT2D eigenvalue weighted by atomic mass is 9.99. The Morgan fingerprint density at radius 1 is 1.50 bits per heavy atom. The number of hydrogen-bond acceptors (Lipinski definition) is 3. The van der Waals surface area contributed by atoms with E-state index in [9.17, 15) is 4.79 Å². The Bertz CT molecular complexity index is 250. The van der Waals surface area contributed by atoms with E-state index in [1.54, 1.807) is 6.92 Å². The summed E-state index contributed by atoms with van der Waals surface area (Å²) in [5.74, 6) is -0.267. The molecule has 0 spiro atoms. The summed E-state index contributed by atoms with van der Waals surface area (Å²) in [5.41, 5.74) is 0.481. The van der Waals surface area contributed by atoms with Crippen molar-refractivity contribution in [3.05, 3.63) is 12.2 Å². The minimum absolute atomic E-state index is 0.267. The first kappa shape index (κ1) is 13.2. The zero-order valence-electron chi connectivity index (χ0n) is 10.5. The molecule has 1 heterocycles. The van der Waals surface area contributed by atoms with Gasteiger partial charge in [0.2, 0.25) is 0 Å². The summed E-state index contributed by atoms with van der Waals surface area (Å²) < 4.78 is 5.07. The number of rotatable bonds is 5. The molecule has 0 radical (unpaired) electrons. The van der Waals surface area contributed by atoms with Crippen molar-refractivity contribution < 1.29 is 9.53 Å². The molecular formula is C13H23NO2. The van der Waals surface area contributed by atoms with E-state index in [0.29, 0.717) is 18.2 Å². The van der Waals surface area contributed by atoms with Crippen LogP contribution in [-0.2, 0) is 9.53 Å². The lowest BCUT2D eigenvalue weighted by molar-refractivity contribution is -0.139. The van der Waals surface area contributed by atoms with Crippen molar-refractivity contribution in [1.82, 2.24) is 4.90 Å². The molecule has 1 fully saturated rings. The molecule has 0 N–H and O–H groups in total. The van der Waals surface area contributed by atoms with Crippen LogP contribution in [0.1, 0.15) is 39.0 Å². The summed E-state index contributed by atoms with van der Waals surface area (Å²) in [6.07, 6.45) is 6.01. The third kappa shape index (κ3) is 4.35. The van der Waals surface area contributed by atoms with E-state index in [1.807, 2.05) is 0 Å². The maximum atomic E-state index is 11.1. The Labute approximate surface area is 98.5 Å². The van der Waals surface area contributed by atoms with Gasteiger partial charge in [0, 0.05) is 11.6 Å². The highest BCUT2D eigenvalue weighted by Gasteiger charge is 2.18. The van der Waals surface area contributed by atoms with Crippen LogP contribution in [0.15, 0.2) is 12.2 Å². The van der Waals surface area contributed by atoms with Crippen molar-refractivity contribution >= 4 is 5.97 Å². The fourth-order valence-electron chi connectivity index (χ4n) is 2.12. The largest absolute Gasteiger partial charge is 0.462 e. The number of likely N-dealkylation sites (tertiary alicyclic amines) is 1. The molecule has 1 aliphatic rings. The van der Waals surface area contributed by atoms with Crippen LogP contribution in [0.4, 0.5) is 0 Å². The number of nitrogens with zero attached hydrogens (tertiary/aromatic N) is 1. The molecule has 1 saturated heterocycles. The van der Waals surface area contributed by atoms with Gasteiger partial charge in [0.25, 0.3) is 0 Å². The molecule has 1 unspecified atom stereocenters. The normalized spacial score (nSPS) is 21.8. The van der Waals surface area contributed by atoms with Crippen LogP contribution in [0.5, 0.6) is 0 Å². The molecule has 0 aromatic rings. The van der Waals surface area contributed by atoms with Crippen LogP contribution in [0.3, 0.4) is 0 Å². The standard InChI is InChI=1S/C13H23NO2/c1-11(2)13(15)16-10-6-8-12-7-4-5-9-14(12)3/h12H,1,4-10H2,2-3H3. The molecule has 0 amide bonds. The molecule has 1 aliphatic heterocycles. The van der Waals surface area contributed by atoms with Crippen LogP contribution in [0.25, 0.3) is 0 Å². The molecule has 0 aromatic carbocycles. The van der Waals surface area contributed by atoms with Gasteiger partial charge in [-0.05, 0) is 46.2 Å². The first-order valence-corrected chi connectivity index (χ1v) is 6.14. The van der Waals surface area contributed by atoms with Crippen LogP contribution >= 0.6 is 0 Å².